The van der Waals surface area contributed by atoms with Crippen molar-refractivity contribution in [3.63, 3.8) is 0 Å². The van der Waals surface area contributed by atoms with Crippen LogP contribution >= 0.6 is 27.3 Å². The van der Waals surface area contributed by atoms with Gasteiger partial charge in [0.1, 0.15) is 6.04 Å². The first-order valence-electron chi connectivity index (χ1n) is 5.27. The van der Waals surface area contributed by atoms with Crippen molar-refractivity contribution in [3.05, 3.63) is 20.8 Å². The largest absolute Gasteiger partial charge is 0.394 e. The molecule has 1 aromatic heterocycles. The van der Waals surface area contributed by atoms with Gasteiger partial charge in [0.15, 0.2) is 0 Å². The number of aliphatic hydroxyl groups is 1. The van der Waals surface area contributed by atoms with Gasteiger partial charge in [-0.1, -0.05) is 13.8 Å². The summed E-state index contributed by atoms with van der Waals surface area (Å²) in [6, 6.07) is 3.18. The molecule has 1 rings (SSSR count). The molecule has 0 aliphatic carbocycles. The zero-order valence-corrected chi connectivity index (χ0v) is 12.3. The summed E-state index contributed by atoms with van der Waals surface area (Å²) in [6.07, 6.45) is 0. The van der Waals surface area contributed by atoms with Crippen LogP contribution in [-0.4, -0.2) is 30.2 Å². The number of aliphatic hydroxyl groups excluding tert-OH is 1. The first kappa shape index (κ1) is 14.6. The third-order valence-corrected chi connectivity index (χ3v) is 4.47. The molecule has 4 nitrogen and oxygen atoms in total. The van der Waals surface area contributed by atoms with Gasteiger partial charge in [0.25, 0.3) is 0 Å². The van der Waals surface area contributed by atoms with Gasteiger partial charge in [0, 0.05) is 16.8 Å². The Morgan fingerprint density at radius 1 is 1.65 bits per heavy atom. The topological polar surface area (TPSA) is 75.4 Å². The second kappa shape index (κ2) is 5.95. The number of hydrogen-bond donors (Lipinski definition) is 3. The molecule has 0 fully saturated rings. The molecule has 6 heteroatoms. The van der Waals surface area contributed by atoms with E-state index in [-0.39, 0.29) is 17.9 Å². The van der Waals surface area contributed by atoms with Crippen LogP contribution in [0.5, 0.6) is 0 Å². The van der Waals surface area contributed by atoms with Crippen molar-refractivity contribution in [1.29, 1.82) is 0 Å². The fraction of sp³-hybridized carbons (Fsp3) is 0.545. The van der Waals surface area contributed by atoms with E-state index in [1.807, 2.05) is 12.1 Å². The Labute approximate surface area is 113 Å². The minimum absolute atomic E-state index is 0.151. The van der Waals surface area contributed by atoms with Gasteiger partial charge in [-0.3, -0.25) is 4.79 Å². The van der Waals surface area contributed by atoms with Crippen LogP contribution in [-0.2, 0) is 10.2 Å². The maximum Gasteiger partial charge on any atom is 0.239 e. The number of nitrogens with one attached hydrogen (secondary N) is 1. The molecule has 0 saturated heterocycles. The van der Waals surface area contributed by atoms with E-state index in [9.17, 15) is 4.79 Å². The van der Waals surface area contributed by atoms with Crippen LogP contribution in [0.15, 0.2) is 15.9 Å². The predicted molar refractivity (Wildman–Crippen MR) is 73.1 cm³/mol. The van der Waals surface area contributed by atoms with Crippen molar-refractivity contribution in [2.45, 2.75) is 25.3 Å². The van der Waals surface area contributed by atoms with Crippen LogP contribution < -0.4 is 11.1 Å². The van der Waals surface area contributed by atoms with Gasteiger partial charge < -0.3 is 16.2 Å². The highest BCUT2D eigenvalue weighted by molar-refractivity contribution is 9.11. The summed E-state index contributed by atoms with van der Waals surface area (Å²) < 4.78 is 1.07. The number of carbonyl (C=O) groups is 1. The SMILES string of the molecule is CC(C)(CNC(=O)C(N)CO)c1ccc(Br)s1. The Balaban J connectivity index is 2.59. The molecule has 0 aliphatic heterocycles. The standard InChI is InChI=1S/C11H17BrN2O2S/c1-11(2,8-3-4-9(12)17-8)6-14-10(16)7(13)5-15/h3-4,7,15H,5-6,13H2,1-2H3,(H,14,16). The number of rotatable bonds is 5. The van der Waals surface area contributed by atoms with Crippen LogP contribution in [0.2, 0.25) is 0 Å². The first-order valence-corrected chi connectivity index (χ1v) is 6.88. The van der Waals surface area contributed by atoms with Gasteiger partial charge in [-0.25, -0.2) is 0 Å². The van der Waals surface area contributed by atoms with Gasteiger partial charge in [0.2, 0.25) is 5.91 Å². The van der Waals surface area contributed by atoms with Gasteiger partial charge in [-0.2, -0.15) is 0 Å². The van der Waals surface area contributed by atoms with Gasteiger partial charge in [0.05, 0.1) is 10.4 Å². The van der Waals surface area contributed by atoms with Crippen molar-refractivity contribution in [3.8, 4) is 0 Å². The molecule has 17 heavy (non-hydrogen) atoms. The van der Waals surface area contributed by atoms with Crippen molar-refractivity contribution < 1.29 is 9.90 Å². The zero-order chi connectivity index (χ0) is 13.1. The maximum atomic E-state index is 11.5. The lowest BCUT2D eigenvalue weighted by Crippen LogP contribution is -2.46. The van der Waals surface area contributed by atoms with E-state index in [0.717, 1.165) is 3.79 Å². The van der Waals surface area contributed by atoms with E-state index in [2.05, 4.69) is 35.1 Å². The Hall–Kier alpha value is -0.430. The lowest BCUT2D eigenvalue weighted by molar-refractivity contribution is -0.123. The lowest BCUT2D eigenvalue weighted by atomic mass is 9.91. The molecule has 4 N–H and O–H groups in total. The predicted octanol–water partition coefficient (Wildman–Crippen LogP) is 1.22. The van der Waals surface area contributed by atoms with Crippen LogP contribution in [0, 0.1) is 0 Å². The fourth-order valence-electron chi connectivity index (χ4n) is 1.29. The molecular weight excluding hydrogens is 304 g/mol. The highest BCUT2D eigenvalue weighted by atomic mass is 79.9. The van der Waals surface area contributed by atoms with E-state index in [1.54, 1.807) is 11.3 Å². The number of carbonyl (C=O) groups excluding carboxylic acids is 1. The average molecular weight is 321 g/mol. The Morgan fingerprint density at radius 2 is 2.29 bits per heavy atom. The highest BCUT2D eigenvalue weighted by Gasteiger charge is 2.24. The monoisotopic (exact) mass is 320 g/mol. The molecule has 1 heterocycles. The summed E-state index contributed by atoms with van der Waals surface area (Å²) >= 11 is 5.06. The van der Waals surface area contributed by atoms with Crippen LogP contribution in [0.4, 0.5) is 0 Å². The minimum atomic E-state index is -0.846. The van der Waals surface area contributed by atoms with Crippen LogP contribution in [0.3, 0.4) is 0 Å². The molecule has 1 amide bonds. The molecule has 0 saturated carbocycles. The summed E-state index contributed by atoms with van der Waals surface area (Å²) in [7, 11) is 0. The van der Waals surface area contributed by atoms with Crippen molar-refractivity contribution in [2.24, 2.45) is 5.73 Å². The molecule has 1 atom stereocenters. The number of halogens is 1. The third kappa shape index (κ3) is 4.06. The normalized spacial score (nSPS) is 13.5. The van der Waals surface area contributed by atoms with E-state index >= 15 is 0 Å². The lowest BCUT2D eigenvalue weighted by Gasteiger charge is -2.24. The highest BCUT2D eigenvalue weighted by Crippen LogP contribution is 2.32. The number of amides is 1. The molecule has 1 aromatic rings. The Kier molecular flexibility index (Phi) is 5.12. The minimum Gasteiger partial charge on any atom is -0.394 e. The molecular formula is C11H17BrN2O2S. The number of hydrogen-bond acceptors (Lipinski definition) is 4. The second-order valence-corrected chi connectivity index (χ2v) is 6.96. The van der Waals surface area contributed by atoms with E-state index in [1.165, 1.54) is 4.88 Å². The van der Waals surface area contributed by atoms with Gasteiger partial charge in [-0.05, 0) is 28.1 Å². The molecule has 0 spiro atoms. The molecule has 0 radical (unpaired) electrons. The van der Waals surface area contributed by atoms with Crippen LogP contribution in [0.25, 0.3) is 0 Å². The van der Waals surface area contributed by atoms with E-state index in [0.29, 0.717) is 6.54 Å². The molecule has 96 valence electrons. The molecule has 0 aromatic carbocycles. The molecule has 1 unspecified atom stereocenters. The summed E-state index contributed by atoms with van der Waals surface area (Å²) in [5, 5.41) is 11.5. The van der Waals surface area contributed by atoms with Crippen LogP contribution in [0.1, 0.15) is 18.7 Å². The van der Waals surface area contributed by atoms with E-state index in [4.69, 9.17) is 10.8 Å². The zero-order valence-electron chi connectivity index (χ0n) is 9.87. The Bertz CT molecular complexity index is 393. The van der Waals surface area contributed by atoms with E-state index < -0.39 is 6.04 Å². The first-order chi connectivity index (χ1) is 7.86. The summed E-state index contributed by atoms with van der Waals surface area (Å²) in [6.45, 7) is 4.26. The fourth-order valence-corrected chi connectivity index (χ4v) is 2.77. The average Bonchev–Trinajstić information content (AvgIpc) is 2.72. The second-order valence-electron chi connectivity index (χ2n) is 4.49. The summed E-state index contributed by atoms with van der Waals surface area (Å²) in [5.74, 6) is -0.323. The van der Waals surface area contributed by atoms with Crippen molar-refractivity contribution in [1.82, 2.24) is 5.32 Å². The third-order valence-electron chi connectivity index (χ3n) is 2.48. The number of thiophene rings is 1. The van der Waals surface area contributed by atoms with Crippen molar-refractivity contribution in [2.75, 3.05) is 13.2 Å². The molecule has 0 aliphatic rings. The van der Waals surface area contributed by atoms with Gasteiger partial charge in [-0.15, -0.1) is 11.3 Å². The van der Waals surface area contributed by atoms with Gasteiger partial charge >= 0.3 is 0 Å². The van der Waals surface area contributed by atoms with Crippen molar-refractivity contribution >= 4 is 33.2 Å². The Morgan fingerprint density at radius 3 is 2.76 bits per heavy atom. The maximum absolute atomic E-state index is 11.5. The summed E-state index contributed by atoms with van der Waals surface area (Å²) in [5.41, 5.74) is 5.27. The summed E-state index contributed by atoms with van der Waals surface area (Å²) in [4.78, 5) is 12.6. The smallest absolute Gasteiger partial charge is 0.239 e. The number of nitrogens with two attached hydrogens (primary N) is 1. The quantitative estimate of drug-likeness (QED) is 0.763. The molecule has 0 bridgehead atoms.